The lowest BCUT2D eigenvalue weighted by Gasteiger charge is -2.32. The summed E-state index contributed by atoms with van der Waals surface area (Å²) in [4.78, 5) is 16.6. The van der Waals surface area contributed by atoms with Crippen LogP contribution in [-0.2, 0) is 6.54 Å². The molecule has 7 nitrogen and oxygen atoms in total. The summed E-state index contributed by atoms with van der Waals surface area (Å²) in [7, 11) is 1.58. The Kier molecular flexibility index (Phi) is 6.27. The first-order valence-electron chi connectivity index (χ1n) is 10.6. The summed E-state index contributed by atoms with van der Waals surface area (Å²) in [5.41, 5.74) is 2.42. The van der Waals surface area contributed by atoms with Crippen LogP contribution in [0.3, 0.4) is 0 Å². The zero-order valence-corrected chi connectivity index (χ0v) is 17.9. The molecule has 2 aliphatic heterocycles. The quantitative estimate of drug-likeness (QED) is 0.653. The summed E-state index contributed by atoms with van der Waals surface area (Å²) in [6.07, 6.45) is 1.68. The maximum atomic E-state index is 13.1. The molecule has 0 atom stereocenters. The van der Waals surface area contributed by atoms with Crippen LogP contribution in [0.4, 0.5) is 0 Å². The summed E-state index contributed by atoms with van der Waals surface area (Å²) >= 11 is 0. The molecule has 164 valence electrons. The second-order valence-corrected chi connectivity index (χ2v) is 8.05. The molecule has 1 saturated heterocycles. The molecule has 1 fully saturated rings. The van der Waals surface area contributed by atoms with Gasteiger partial charge in [0.05, 0.1) is 32.4 Å². The minimum atomic E-state index is -0.206. The number of carbonyl (C=O) groups excluding carboxylic acids is 1. The van der Waals surface area contributed by atoms with Crippen molar-refractivity contribution in [3.05, 3.63) is 58.3 Å². The normalized spacial score (nSPS) is 18.3. The van der Waals surface area contributed by atoms with Crippen LogP contribution in [0.1, 0.15) is 27.0 Å². The highest BCUT2D eigenvalue weighted by Gasteiger charge is 2.33. The summed E-state index contributed by atoms with van der Waals surface area (Å²) in [6, 6.07) is 8.96. The number of nitrogens with one attached hydrogen (secondary N) is 1. The Morgan fingerprint density at radius 2 is 2.03 bits per heavy atom. The number of hydrogen-bond donors (Lipinski definition) is 2. The third-order valence-corrected chi connectivity index (χ3v) is 6.04. The molecule has 0 spiro atoms. The van der Waals surface area contributed by atoms with Gasteiger partial charge in [-0.25, -0.2) is 0 Å². The van der Waals surface area contributed by atoms with E-state index in [1.165, 1.54) is 4.90 Å². The van der Waals surface area contributed by atoms with Crippen LogP contribution in [0.2, 0.25) is 0 Å². The van der Waals surface area contributed by atoms with E-state index in [1.54, 1.807) is 26.2 Å². The van der Waals surface area contributed by atoms with Crippen molar-refractivity contribution in [1.82, 2.24) is 4.90 Å². The number of rotatable bonds is 6. The lowest BCUT2D eigenvalue weighted by atomic mass is 9.99. The molecule has 2 aromatic rings. The van der Waals surface area contributed by atoms with Gasteiger partial charge >= 0.3 is 0 Å². The van der Waals surface area contributed by atoms with Gasteiger partial charge in [-0.1, -0.05) is 30.0 Å². The number of β-amino-alcohol motifs (C(OH)–C–C–N with tert-alkyl or cyclic N) is 1. The maximum Gasteiger partial charge on any atom is 0.232 e. The van der Waals surface area contributed by atoms with Gasteiger partial charge < -0.3 is 24.6 Å². The van der Waals surface area contributed by atoms with Crippen molar-refractivity contribution in [3.63, 3.8) is 0 Å². The zero-order chi connectivity index (χ0) is 22.0. The van der Waals surface area contributed by atoms with Crippen LogP contribution in [0.25, 0.3) is 6.08 Å². The molecule has 7 heteroatoms. The van der Waals surface area contributed by atoms with Crippen LogP contribution < -0.4 is 19.5 Å². The number of benzene rings is 2. The van der Waals surface area contributed by atoms with Crippen molar-refractivity contribution in [2.24, 2.45) is 0 Å². The number of aliphatic hydroxyl groups excluding tert-OH is 1. The lowest BCUT2D eigenvalue weighted by molar-refractivity contribution is -0.918. The van der Waals surface area contributed by atoms with E-state index in [0.29, 0.717) is 41.3 Å². The van der Waals surface area contributed by atoms with E-state index < -0.39 is 0 Å². The molecule has 0 unspecified atom stereocenters. The van der Waals surface area contributed by atoms with E-state index in [0.717, 1.165) is 31.7 Å². The third kappa shape index (κ3) is 4.30. The number of fused-ring (bicyclic) bond motifs is 1. The molecule has 0 radical (unpaired) electrons. The number of para-hydroxylation sites is 1. The summed E-state index contributed by atoms with van der Waals surface area (Å²) < 4.78 is 11.4. The molecule has 2 aliphatic rings. The number of Topliss-reactive ketones (excluding diaryl/α,β-unsaturated/α-hetero) is 1. The van der Waals surface area contributed by atoms with Crippen molar-refractivity contribution < 1.29 is 29.4 Å². The van der Waals surface area contributed by atoms with Gasteiger partial charge in [0, 0.05) is 30.8 Å². The summed E-state index contributed by atoms with van der Waals surface area (Å²) in [5.74, 6) is 0.961. The van der Waals surface area contributed by atoms with Crippen LogP contribution in [0, 0.1) is 6.92 Å². The topological polar surface area (TPSA) is 86.5 Å². The molecule has 0 aliphatic carbocycles. The molecule has 2 heterocycles. The average molecular weight is 424 g/mol. The third-order valence-electron chi connectivity index (χ3n) is 6.04. The van der Waals surface area contributed by atoms with Gasteiger partial charge in [0.1, 0.15) is 18.0 Å². The SMILES string of the molecule is COc1ccccc1/C=C1\Oc2c(C[NH+]3CCN(CCO)CC3)c([O-])cc(C)c2C1=O. The van der Waals surface area contributed by atoms with Gasteiger partial charge in [-0.15, -0.1) is 0 Å². The number of ether oxygens (including phenoxy) is 2. The number of piperazine rings is 1. The molecule has 0 bridgehead atoms. The minimum absolute atomic E-state index is 0.0899. The number of ketones is 1. The van der Waals surface area contributed by atoms with Crippen LogP contribution in [0.5, 0.6) is 17.2 Å². The van der Waals surface area contributed by atoms with E-state index in [-0.39, 0.29) is 23.9 Å². The fraction of sp³-hybridized carbons (Fsp3) is 0.375. The predicted molar refractivity (Wildman–Crippen MR) is 114 cm³/mol. The summed E-state index contributed by atoms with van der Waals surface area (Å²) in [6.45, 7) is 6.62. The standard InChI is InChI=1S/C24H28N2O5/c1-16-13-19(28)18(15-26-9-7-25(8-10-26)11-12-27)24-22(16)23(29)21(31-24)14-17-5-3-4-6-20(17)30-2/h3-6,13-14,27-28H,7-12,15H2,1-2H3/b21-14-. The van der Waals surface area contributed by atoms with E-state index in [2.05, 4.69) is 4.90 Å². The number of allylic oxidation sites excluding steroid dienone is 1. The van der Waals surface area contributed by atoms with Gasteiger partial charge in [-0.05, 0) is 24.6 Å². The molecular weight excluding hydrogens is 396 g/mol. The van der Waals surface area contributed by atoms with Crippen molar-refractivity contribution in [2.75, 3.05) is 46.4 Å². The Morgan fingerprint density at radius 1 is 1.29 bits per heavy atom. The number of hydrogen-bond acceptors (Lipinski definition) is 6. The number of aliphatic hydroxyl groups is 1. The first-order valence-corrected chi connectivity index (χ1v) is 10.6. The van der Waals surface area contributed by atoms with Gasteiger partial charge in [0.2, 0.25) is 5.78 Å². The summed E-state index contributed by atoms with van der Waals surface area (Å²) in [5, 5.41) is 21.9. The molecule has 2 aromatic carbocycles. The van der Waals surface area contributed by atoms with Crippen molar-refractivity contribution in [1.29, 1.82) is 0 Å². The van der Waals surface area contributed by atoms with Crippen molar-refractivity contribution in [3.8, 4) is 17.2 Å². The number of carbonyl (C=O) groups is 1. The second-order valence-electron chi connectivity index (χ2n) is 8.05. The molecule has 0 amide bonds. The fourth-order valence-corrected chi connectivity index (χ4v) is 4.32. The number of nitrogens with zero attached hydrogens (tertiary/aromatic N) is 1. The maximum absolute atomic E-state index is 13.1. The van der Waals surface area contributed by atoms with E-state index in [9.17, 15) is 9.90 Å². The number of aryl methyl sites for hydroxylation is 1. The predicted octanol–water partition coefficient (Wildman–Crippen LogP) is 0.386. The highest BCUT2D eigenvalue weighted by Crippen LogP contribution is 2.41. The monoisotopic (exact) mass is 424 g/mol. The van der Waals surface area contributed by atoms with Gasteiger partial charge in [-0.2, -0.15) is 0 Å². The van der Waals surface area contributed by atoms with Gasteiger partial charge in [0.15, 0.2) is 5.76 Å². The zero-order valence-electron chi connectivity index (χ0n) is 17.9. The second kappa shape index (κ2) is 9.09. The lowest BCUT2D eigenvalue weighted by Crippen LogP contribution is -3.13. The van der Waals surface area contributed by atoms with Gasteiger partial charge in [0.25, 0.3) is 0 Å². The Labute approximate surface area is 182 Å². The number of methoxy groups -OCH3 is 1. The highest BCUT2D eigenvalue weighted by molar-refractivity contribution is 6.16. The first-order chi connectivity index (χ1) is 15.0. The van der Waals surface area contributed by atoms with Crippen LogP contribution >= 0.6 is 0 Å². The van der Waals surface area contributed by atoms with E-state index in [1.807, 2.05) is 24.3 Å². The van der Waals surface area contributed by atoms with Crippen molar-refractivity contribution >= 4 is 11.9 Å². The molecule has 4 rings (SSSR count). The van der Waals surface area contributed by atoms with E-state index >= 15 is 0 Å². The van der Waals surface area contributed by atoms with Gasteiger partial charge in [-0.3, -0.25) is 9.69 Å². The Hall–Kier alpha value is -2.87. The minimum Gasteiger partial charge on any atom is -0.872 e. The molecular formula is C24H28N2O5. The van der Waals surface area contributed by atoms with E-state index in [4.69, 9.17) is 14.6 Å². The molecule has 0 aromatic heterocycles. The Bertz CT molecular complexity index is 1010. The Balaban J connectivity index is 1.61. The first kappa shape index (κ1) is 21.4. The highest BCUT2D eigenvalue weighted by atomic mass is 16.5. The molecule has 2 N–H and O–H groups in total. The van der Waals surface area contributed by atoms with Crippen molar-refractivity contribution in [2.45, 2.75) is 13.5 Å². The molecule has 0 saturated carbocycles. The Morgan fingerprint density at radius 3 is 2.74 bits per heavy atom. The fourth-order valence-electron chi connectivity index (χ4n) is 4.32. The van der Waals surface area contributed by atoms with Crippen LogP contribution in [-0.4, -0.2) is 62.2 Å². The average Bonchev–Trinajstić information content (AvgIpc) is 3.09. The molecule has 31 heavy (non-hydrogen) atoms. The smallest absolute Gasteiger partial charge is 0.232 e. The van der Waals surface area contributed by atoms with Crippen LogP contribution in [0.15, 0.2) is 36.1 Å². The largest absolute Gasteiger partial charge is 0.872 e. The number of quaternary nitrogens is 1.